The summed E-state index contributed by atoms with van der Waals surface area (Å²) in [7, 11) is 0. The van der Waals surface area contributed by atoms with Crippen LogP contribution in [-0.2, 0) is 14.3 Å². The third-order valence-electron chi connectivity index (χ3n) is 2.32. The fourth-order valence-electron chi connectivity index (χ4n) is 1.71. The van der Waals surface area contributed by atoms with Gasteiger partial charge in [0.15, 0.2) is 0 Å². The number of carbonyl (C=O) groups is 2. The quantitative estimate of drug-likeness (QED) is 0.700. The molecule has 1 heterocycles. The normalized spacial score (nSPS) is 21.2. The van der Waals surface area contributed by atoms with Gasteiger partial charge >= 0.3 is 5.97 Å². The Morgan fingerprint density at radius 1 is 1.57 bits per heavy atom. The summed E-state index contributed by atoms with van der Waals surface area (Å²) in [6, 6.07) is 0.0619. The summed E-state index contributed by atoms with van der Waals surface area (Å²) in [5, 5.41) is 8.36. The van der Waals surface area contributed by atoms with E-state index in [1.54, 1.807) is 4.90 Å². The lowest BCUT2D eigenvalue weighted by atomic mass is 10.2. The molecule has 0 aromatic heterocycles. The van der Waals surface area contributed by atoms with Crippen molar-refractivity contribution in [1.29, 1.82) is 0 Å². The van der Waals surface area contributed by atoms with Gasteiger partial charge < -0.3 is 14.7 Å². The van der Waals surface area contributed by atoms with Crippen LogP contribution >= 0.6 is 0 Å². The van der Waals surface area contributed by atoms with Crippen LogP contribution in [0.3, 0.4) is 0 Å². The van der Waals surface area contributed by atoms with Crippen LogP contribution in [0.15, 0.2) is 0 Å². The second-order valence-corrected chi connectivity index (χ2v) is 3.42. The molecule has 1 fully saturated rings. The number of nitrogens with zero attached hydrogens (tertiary/aromatic N) is 1. The first-order valence-corrected chi connectivity index (χ1v) is 4.68. The Hall–Kier alpha value is -1.10. The highest BCUT2D eigenvalue weighted by Crippen LogP contribution is 2.17. The van der Waals surface area contributed by atoms with E-state index in [4.69, 9.17) is 9.84 Å². The number of ether oxygens (including phenoxy) is 1. The van der Waals surface area contributed by atoms with Gasteiger partial charge in [-0.05, 0) is 12.8 Å². The van der Waals surface area contributed by atoms with Gasteiger partial charge in [0.05, 0.1) is 12.6 Å². The highest BCUT2D eigenvalue weighted by atomic mass is 16.5. The van der Waals surface area contributed by atoms with E-state index in [1.807, 2.05) is 0 Å². The van der Waals surface area contributed by atoms with Crippen molar-refractivity contribution in [3.05, 3.63) is 0 Å². The standard InChI is InChI=1S/C9H15NO4/c1-7(11)10-4-2-3-8(10)5-14-6-9(12)13/h8H,2-6H2,1H3,(H,12,13)/t8-/m1/s1. The third-order valence-corrected chi connectivity index (χ3v) is 2.32. The molecule has 14 heavy (non-hydrogen) atoms. The molecule has 0 aromatic carbocycles. The lowest BCUT2D eigenvalue weighted by molar-refractivity contribution is -0.143. The van der Waals surface area contributed by atoms with Gasteiger partial charge in [0.1, 0.15) is 6.61 Å². The number of carboxylic acid groups (broad SMARTS) is 1. The number of hydrogen-bond donors (Lipinski definition) is 1. The van der Waals surface area contributed by atoms with Crippen molar-refractivity contribution in [3.63, 3.8) is 0 Å². The molecule has 0 aromatic rings. The van der Waals surface area contributed by atoms with Crippen molar-refractivity contribution in [2.75, 3.05) is 19.8 Å². The molecule has 0 spiro atoms. The maximum atomic E-state index is 11.1. The first kappa shape index (κ1) is 11.0. The van der Waals surface area contributed by atoms with E-state index >= 15 is 0 Å². The highest BCUT2D eigenvalue weighted by molar-refractivity contribution is 5.73. The van der Waals surface area contributed by atoms with Crippen LogP contribution in [-0.4, -0.2) is 47.7 Å². The number of rotatable bonds is 4. The van der Waals surface area contributed by atoms with E-state index in [0.717, 1.165) is 19.4 Å². The summed E-state index contributed by atoms with van der Waals surface area (Å²) in [6.45, 7) is 2.32. The van der Waals surface area contributed by atoms with Crippen molar-refractivity contribution in [2.24, 2.45) is 0 Å². The molecular formula is C9H15NO4. The number of amides is 1. The number of carboxylic acids is 1. The Labute approximate surface area is 82.6 Å². The minimum Gasteiger partial charge on any atom is -0.480 e. The van der Waals surface area contributed by atoms with Crippen LogP contribution in [0, 0.1) is 0 Å². The number of aliphatic carboxylic acids is 1. The minimum atomic E-state index is -0.975. The summed E-state index contributed by atoms with van der Waals surface area (Å²) in [6.07, 6.45) is 1.87. The van der Waals surface area contributed by atoms with Gasteiger partial charge in [0.2, 0.25) is 5.91 Å². The smallest absolute Gasteiger partial charge is 0.329 e. The van der Waals surface area contributed by atoms with Gasteiger partial charge in [-0.25, -0.2) is 4.79 Å². The molecule has 80 valence electrons. The average Bonchev–Trinajstić information content (AvgIpc) is 2.51. The first-order valence-electron chi connectivity index (χ1n) is 4.68. The predicted octanol–water partition coefficient (Wildman–Crippen LogP) is 0.0985. The summed E-state index contributed by atoms with van der Waals surface area (Å²) < 4.78 is 4.97. The molecule has 1 rings (SSSR count). The zero-order valence-corrected chi connectivity index (χ0v) is 8.23. The Bertz CT molecular complexity index is 229. The third kappa shape index (κ3) is 2.99. The second-order valence-electron chi connectivity index (χ2n) is 3.42. The van der Waals surface area contributed by atoms with Crippen LogP contribution in [0.4, 0.5) is 0 Å². The topological polar surface area (TPSA) is 66.8 Å². The Balaban J connectivity index is 2.29. The van der Waals surface area contributed by atoms with Gasteiger partial charge in [0.25, 0.3) is 0 Å². The van der Waals surface area contributed by atoms with Crippen molar-refractivity contribution < 1.29 is 19.4 Å². The fraction of sp³-hybridized carbons (Fsp3) is 0.778. The molecule has 1 amide bonds. The van der Waals surface area contributed by atoms with E-state index < -0.39 is 5.97 Å². The van der Waals surface area contributed by atoms with Gasteiger partial charge in [-0.2, -0.15) is 0 Å². The van der Waals surface area contributed by atoms with Crippen molar-refractivity contribution in [3.8, 4) is 0 Å². The molecule has 1 aliphatic heterocycles. The summed E-state index contributed by atoms with van der Waals surface area (Å²) in [4.78, 5) is 23.0. The van der Waals surface area contributed by atoms with Crippen LogP contribution in [0.1, 0.15) is 19.8 Å². The average molecular weight is 201 g/mol. The molecule has 0 bridgehead atoms. The molecule has 1 N–H and O–H groups in total. The van der Waals surface area contributed by atoms with E-state index in [1.165, 1.54) is 6.92 Å². The Morgan fingerprint density at radius 3 is 2.86 bits per heavy atom. The maximum absolute atomic E-state index is 11.1. The van der Waals surface area contributed by atoms with E-state index in [2.05, 4.69) is 0 Å². The van der Waals surface area contributed by atoms with Gasteiger partial charge in [-0.15, -0.1) is 0 Å². The SMILES string of the molecule is CC(=O)N1CCC[C@@H]1COCC(=O)O. The molecular weight excluding hydrogens is 186 g/mol. The van der Waals surface area contributed by atoms with Crippen molar-refractivity contribution >= 4 is 11.9 Å². The summed E-state index contributed by atoms with van der Waals surface area (Å²) >= 11 is 0. The first-order chi connectivity index (χ1) is 6.61. The molecule has 0 radical (unpaired) electrons. The Morgan fingerprint density at radius 2 is 2.29 bits per heavy atom. The lowest BCUT2D eigenvalue weighted by Gasteiger charge is -2.22. The molecule has 0 unspecified atom stereocenters. The van der Waals surface area contributed by atoms with E-state index in [-0.39, 0.29) is 18.6 Å². The van der Waals surface area contributed by atoms with E-state index in [9.17, 15) is 9.59 Å². The van der Waals surface area contributed by atoms with Gasteiger partial charge in [-0.3, -0.25) is 4.79 Å². The minimum absolute atomic E-state index is 0.0337. The van der Waals surface area contributed by atoms with Crippen LogP contribution in [0.25, 0.3) is 0 Å². The fourth-order valence-corrected chi connectivity index (χ4v) is 1.71. The second kappa shape index (κ2) is 4.95. The Kier molecular flexibility index (Phi) is 3.88. The number of hydrogen-bond acceptors (Lipinski definition) is 3. The zero-order valence-electron chi connectivity index (χ0n) is 8.23. The number of carbonyl (C=O) groups excluding carboxylic acids is 1. The molecule has 1 aliphatic rings. The molecule has 5 heteroatoms. The summed E-state index contributed by atoms with van der Waals surface area (Å²) in [5.41, 5.74) is 0. The van der Waals surface area contributed by atoms with Crippen LogP contribution in [0.2, 0.25) is 0 Å². The molecule has 5 nitrogen and oxygen atoms in total. The molecule has 1 saturated heterocycles. The monoisotopic (exact) mass is 201 g/mol. The zero-order chi connectivity index (χ0) is 10.6. The largest absolute Gasteiger partial charge is 0.480 e. The van der Waals surface area contributed by atoms with E-state index in [0.29, 0.717) is 6.61 Å². The van der Waals surface area contributed by atoms with Crippen LogP contribution < -0.4 is 0 Å². The van der Waals surface area contributed by atoms with Crippen molar-refractivity contribution in [1.82, 2.24) is 4.90 Å². The number of likely N-dealkylation sites (tertiary alicyclic amines) is 1. The summed E-state index contributed by atoms with van der Waals surface area (Å²) in [5.74, 6) is -0.941. The molecule has 0 aliphatic carbocycles. The lowest BCUT2D eigenvalue weighted by Crippen LogP contribution is -2.37. The molecule has 0 saturated carbocycles. The van der Waals surface area contributed by atoms with Gasteiger partial charge in [0, 0.05) is 13.5 Å². The van der Waals surface area contributed by atoms with Crippen LogP contribution in [0.5, 0.6) is 0 Å². The predicted molar refractivity (Wildman–Crippen MR) is 48.9 cm³/mol. The maximum Gasteiger partial charge on any atom is 0.329 e. The van der Waals surface area contributed by atoms with Crippen molar-refractivity contribution in [2.45, 2.75) is 25.8 Å². The molecule has 1 atom stereocenters. The van der Waals surface area contributed by atoms with Gasteiger partial charge in [-0.1, -0.05) is 0 Å². The highest BCUT2D eigenvalue weighted by Gasteiger charge is 2.26.